The molecule has 0 aliphatic carbocycles. The third-order valence-electron chi connectivity index (χ3n) is 6.79. The molecule has 1 N–H and O–H groups in total. The van der Waals surface area contributed by atoms with Crippen LogP contribution in [-0.2, 0) is 11.2 Å². The van der Waals surface area contributed by atoms with Gasteiger partial charge in [-0.25, -0.2) is 9.59 Å². The number of unbranched alkanes of at least 4 members (excludes halogenated alkanes) is 14. The Bertz CT molecular complexity index is 847. The van der Waals surface area contributed by atoms with Gasteiger partial charge in [0.2, 0.25) is 0 Å². The van der Waals surface area contributed by atoms with Crippen molar-refractivity contribution in [2.45, 2.75) is 123 Å². The lowest BCUT2D eigenvalue weighted by Crippen LogP contribution is -2.06. The van der Waals surface area contributed by atoms with Gasteiger partial charge in [0, 0.05) is 0 Å². The molecule has 0 atom stereocenters. The van der Waals surface area contributed by atoms with Gasteiger partial charge in [-0.1, -0.05) is 140 Å². The van der Waals surface area contributed by atoms with Crippen LogP contribution in [0.3, 0.4) is 0 Å². The van der Waals surface area contributed by atoms with Crippen LogP contribution in [0.1, 0.15) is 143 Å². The van der Waals surface area contributed by atoms with Gasteiger partial charge in [-0.2, -0.15) is 0 Å². The number of hydrogen-bond donors (Lipinski definition) is 1. The summed E-state index contributed by atoms with van der Waals surface area (Å²) >= 11 is 0. The second-order valence-corrected chi connectivity index (χ2v) is 10.2. The average molecular weight is 525 g/mol. The van der Waals surface area contributed by atoms with E-state index in [1.54, 1.807) is 24.3 Å². The first-order valence-corrected chi connectivity index (χ1v) is 15.1. The summed E-state index contributed by atoms with van der Waals surface area (Å²) in [5.74, 6) is -1.02. The highest BCUT2D eigenvalue weighted by Gasteiger charge is 2.08. The van der Waals surface area contributed by atoms with Crippen molar-refractivity contribution in [3.05, 3.63) is 71.3 Å². The number of carbonyl (C=O) groups is 2. The van der Waals surface area contributed by atoms with Gasteiger partial charge in [0.15, 0.2) is 0 Å². The summed E-state index contributed by atoms with van der Waals surface area (Å²) < 4.78 is 5.25. The van der Waals surface area contributed by atoms with E-state index < -0.39 is 5.97 Å². The zero-order valence-electron chi connectivity index (χ0n) is 24.1. The van der Waals surface area contributed by atoms with Crippen LogP contribution in [0.5, 0.6) is 0 Å². The van der Waals surface area contributed by atoms with Crippen LogP contribution < -0.4 is 0 Å². The number of benzene rings is 2. The molecular formula is C34H52O4. The zero-order chi connectivity index (χ0) is 27.7. The van der Waals surface area contributed by atoms with Gasteiger partial charge in [-0.05, 0) is 43.0 Å². The van der Waals surface area contributed by atoms with Crippen molar-refractivity contribution < 1.29 is 19.4 Å². The molecule has 0 fully saturated rings. The second-order valence-electron chi connectivity index (χ2n) is 10.2. The molecule has 4 nitrogen and oxygen atoms in total. The summed E-state index contributed by atoms with van der Waals surface area (Å²) in [6, 6.07) is 16.5. The fourth-order valence-electron chi connectivity index (χ4n) is 4.45. The van der Waals surface area contributed by atoms with Crippen molar-refractivity contribution in [2.24, 2.45) is 0 Å². The highest BCUT2D eigenvalue weighted by molar-refractivity contribution is 5.89. The topological polar surface area (TPSA) is 63.6 Å². The van der Waals surface area contributed by atoms with Crippen LogP contribution in [0.25, 0.3) is 0 Å². The predicted octanol–water partition coefficient (Wildman–Crippen LogP) is 10.1. The van der Waals surface area contributed by atoms with Crippen LogP contribution in [0, 0.1) is 0 Å². The van der Waals surface area contributed by atoms with E-state index in [9.17, 15) is 9.59 Å². The van der Waals surface area contributed by atoms with Gasteiger partial charge in [0.05, 0.1) is 17.7 Å². The molecule has 0 saturated carbocycles. The molecule has 212 valence electrons. The number of aromatic carboxylic acids is 1. The molecule has 0 saturated heterocycles. The number of carbonyl (C=O) groups excluding carboxylic acids is 1. The number of esters is 1. The molecule has 0 amide bonds. The molecular weight excluding hydrogens is 472 g/mol. The van der Waals surface area contributed by atoms with E-state index in [4.69, 9.17) is 9.84 Å². The zero-order valence-corrected chi connectivity index (χ0v) is 24.1. The summed E-state index contributed by atoms with van der Waals surface area (Å²) in [6.07, 6.45) is 21.2. The Balaban J connectivity index is 0.000000382. The lowest BCUT2D eigenvalue weighted by atomic mass is 10.0. The van der Waals surface area contributed by atoms with Crippen LogP contribution in [0.4, 0.5) is 0 Å². The van der Waals surface area contributed by atoms with Crippen LogP contribution >= 0.6 is 0 Å². The van der Waals surface area contributed by atoms with Gasteiger partial charge < -0.3 is 9.84 Å². The largest absolute Gasteiger partial charge is 0.478 e. The van der Waals surface area contributed by atoms with E-state index >= 15 is 0 Å². The maximum Gasteiger partial charge on any atom is 0.338 e. The first kappa shape index (κ1) is 33.4. The lowest BCUT2D eigenvalue weighted by Gasteiger charge is -2.05. The molecule has 0 heterocycles. The van der Waals surface area contributed by atoms with Crippen LogP contribution in [0.2, 0.25) is 0 Å². The van der Waals surface area contributed by atoms with Gasteiger partial charge in [0.25, 0.3) is 0 Å². The SMILES string of the molecule is CCCCCCCCCCCOC(=O)c1ccccc1.CCCCCCCCCc1ccccc1C(=O)O. The molecule has 38 heavy (non-hydrogen) atoms. The van der Waals surface area contributed by atoms with Gasteiger partial charge in [0.1, 0.15) is 0 Å². The third-order valence-corrected chi connectivity index (χ3v) is 6.79. The highest BCUT2D eigenvalue weighted by atomic mass is 16.5. The van der Waals surface area contributed by atoms with Crippen molar-refractivity contribution in [2.75, 3.05) is 6.61 Å². The van der Waals surface area contributed by atoms with Crippen molar-refractivity contribution in [3.8, 4) is 0 Å². The van der Waals surface area contributed by atoms with E-state index in [2.05, 4.69) is 13.8 Å². The van der Waals surface area contributed by atoms with Crippen molar-refractivity contribution in [3.63, 3.8) is 0 Å². The number of ether oxygens (including phenoxy) is 1. The Hall–Kier alpha value is -2.62. The minimum atomic E-state index is -0.812. The maximum absolute atomic E-state index is 11.7. The molecule has 0 spiro atoms. The quantitative estimate of drug-likeness (QED) is 0.138. The van der Waals surface area contributed by atoms with Gasteiger partial charge >= 0.3 is 11.9 Å². The monoisotopic (exact) mass is 524 g/mol. The van der Waals surface area contributed by atoms with E-state index in [0.717, 1.165) is 31.2 Å². The normalized spacial score (nSPS) is 10.5. The number of rotatable bonds is 20. The maximum atomic E-state index is 11.7. The smallest absolute Gasteiger partial charge is 0.338 e. The molecule has 0 aliphatic heterocycles. The second kappa shape index (κ2) is 23.5. The third kappa shape index (κ3) is 17.0. The average Bonchev–Trinajstić information content (AvgIpc) is 2.94. The van der Waals surface area contributed by atoms with E-state index in [1.807, 2.05) is 30.3 Å². The Morgan fingerprint density at radius 2 is 1.08 bits per heavy atom. The Labute approximate surface area is 232 Å². The van der Waals surface area contributed by atoms with Crippen molar-refractivity contribution in [1.82, 2.24) is 0 Å². The highest BCUT2D eigenvalue weighted by Crippen LogP contribution is 2.14. The summed E-state index contributed by atoms with van der Waals surface area (Å²) in [5.41, 5.74) is 2.07. The standard InChI is InChI=1S/C18H28O2.C16H24O2/c1-2-3-4-5-6-7-8-9-13-16-20-18(19)17-14-11-10-12-15-17;1-2-3-4-5-6-7-8-11-14-12-9-10-13-15(14)16(17)18/h10-12,14-15H,2-9,13,16H2,1H3;9-10,12-13H,2-8,11H2,1H3,(H,17,18). The Kier molecular flexibility index (Phi) is 20.7. The molecule has 0 unspecified atom stereocenters. The number of carboxylic acid groups (broad SMARTS) is 1. The van der Waals surface area contributed by atoms with Crippen molar-refractivity contribution >= 4 is 11.9 Å². The van der Waals surface area contributed by atoms with E-state index in [0.29, 0.717) is 17.7 Å². The summed E-state index contributed by atoms with van der Waals surface area (Å²) in [6.45, 7) is 5.02. The van der Waals surface area contributed by atoms with Gasteiger partial charge in [-0.3, -0.25) is 0 Å². The van der Waals surface area contributed by atoms with Gasteiger partial charge in [-0.15, -0.1) is 0 Å². The minimum absolute atomic E-state index is 0.204. The molecule has 2 aromatic rings. The summed E-state index contributed by atoms with van der Waals surface area (Å²) in [5, 5.41) is 9.07. The fraction of sp³-hybridized carbons (Fsp3) is 0.588. The Morgan fingerprint density at radius 3 is 1.63 bits per heavy atom. The first-order valence-electron chi connectivity index (χ1n) is 15.1. The molecule has 0 aliphatic rings. The molecule has 0 bridgehead atoms. The van der Waals surface area contributed by atoms with E-state index in [-0.39, 0.29) is 5.97 Å². The first-order chi connectivity index (χ1) is 18.6. The number of aryl methyl sites for hydroxylation is 1. The Morgan fingerprint density at radius 1 is 0.605 bits per heavy atom. The molecule has 2 aromatic carbocycles. The van der Waals surface area contributed by atoms with Crippen molar-refractivity contribution in [1.29, 1.82) is 0 Å². The minimum Gasteiger partial charge on any atom is -0.478 e. The number of carboxylic acids is 1. The molecule has 0 aromatic heterocycles. The number of hydrogen-bond acceptors (Lipinski definition) is 3. The fourth-order valence-corrected chi connectivity index (χ4v) is 4.45. The molecule has 0 radical (unpaired) electrons. The molecule has 4 heteroatoms. The summed E-state index contributed by atoms with van der Waals surface area (Å²) in [4.78, 5) is 22.7. The van der Waals surface area contributed by atoms with E-state index in [1.165, 1.54) is 83.5 Å². The molecule has 2 rings (SSSR count). The summed E-state index contributed by atoms with van der Waals surface area (Å²) in [7, 11) is 0. The van der Waals surface area contributed by atoms with Crippen LogP contribution in [-0.4, -0.2) is 23.7 Å². The lowest BCUT2D eigenvalue weighted by molar-refractivity contribution is 0.0497. The van der Waals surface area contributed by atoms with Crippen LogP contribution in [0.15, 0.2) is 54.6 Å². The predicted molar refractivity (Wildman–Crippen MR) is 159 cm³/mol.